The molecule has 2 N–H and O–H groups in total. The van der Waals surface area contributed by atoms with E-state index in [0.29, 0.717) is 19.4 Å². The van der Waals surface area contributed by atoms with E-state index in [2.05, 4.69) is 10.6 Å². The Morgan fingerprint density at radius 1 is 1.58 bits per heavy atom. The summed E-state index contributed by atoms with van der Waals surface area (Å²) in [5.74, 6) is -0.432. The van der Waals surface area contributed by atoms with Crippen LogP contribution in [-0.4, -0.2) is 35.4 Å². The van der Waals surface area contributed by atoms with E-state index in [1.165, 1.54) is 16.8 Å². The van der Waals surface area contributed by atoms with Gasteiger partial charge in [0, 0.05) is 25.2 Å². The van der Waals surface area contributed by atoms with Crippen LogP contribution in [0.4, 0.5) is 8.78 Å². The Bertz CT molecular complexity index is 463. The maximum absolute atomic E-state index is 12.3. The molecule has 0 spiro atoms. The summed E-state index contributed by atoms with van der Waals surface area (Å²) in [4.78, 5) is 23.0. The van der Waals surface area contributed by atoms with Crippen LogP contribution < -0.4 is 10.6 Å². The van der Waals surface area contributed by atoms with Gasteiger partial charge in [-0.2, -0.15) is 0 Å². The Morgan fingerprint density at radius 2 is 2.37 bits per heavy atom. The molecular formula is C12H15F2N3O2. The van der Waals surface area contributed by atoms with Crippen molar-refractivity contribution in [2.45, 2.75) is 31.9 Å². The Kier molecular flexibility index (Phi) is 4.13. The highest BCUT2D eigenvalue weighted by Crippen LogP contribution is 2.08. The number of piperidine rings is 1. The van der Waals surface area contributed by atoms with Gasteiger partial charge in [0.15, 0.2) is 0 Å². The number of alkyl halides is 2. The topological polar surface area (TPSA) is 63.1 Å². The number of carbonyl (C=O) groups is 2. The SMILES string of the molecule is O=C1CCC(NC(=O)c2cccn2CC(F)F)CN1. The molecule has 0 saturated carbocycles. The van der Waals surface area contributed by atoms with Gasteiger partial charge in [-0.15, -0.1) is 0 Å². The van der Waals surface area contributed by atoms with E-state index in [1.54, 1.807) is 6.07 Å². The molecular weight excluding hydrogens is 256 g/mol. The van der Waals surface area contributed by atoms with E-state index in [9.17, 15) is 18.4 Å². The maximum atomic E-state index is 12.3. The molecule has 2 rings (SSSR count). The predicted molar refractivity (Wildman–Crippen MR) is 63.9 cm³/mol. The lowest BCUT2D eigenvalue weighted by Crippen LogP contribution is -2.48. The summed E-state index contributed by atoms with van der Waals surface area (Å²) in [6.07, 6.45) is -0.132. The van der Waals surface area contributed by atoms with Crippen molar-refractivity contribution in [2.75, 3.05) is 6.54 Å². The van der Waals surface area contributed by atoms with Crippen LogP contribution in [0, 0.1) is 0 Å². The monoisotopic (exact) mass is 271 g/mol. The molecule has 0 bridgehead atoms. The molecule has 0 aromatic carbocycles. The minimum Gasteiger partial charge on any atom is -0.354 e. The number of nitrogens with one attached hydrogen (secondary N) is 2. The lowest BCUT2D eigenvalue weighted by molar-refractivity contribution is -0.122. The molecule has 0 radical (unpaired) electrons. The van der Waals surface area contributed by atoms with Crippen LogP contribution in [0.5, 0.6) is 0 Å². The number of hydrogen-bond donors (Lipinski definition) is 2. The van der Waals surface area contributed by atoms with Crippen molar-refractivity contribution < 1.29 is 18.4 Å². The van der Waals surface area contributed by atoms with E-state index in [1.807, 2.05) is 0 Å². The van der Waals surface area contributed by atoms with Crippen LogP contribution in [-0.2, 0) is 11.3 Å². The van der Waals surface area contributed by atoms with E-state index in [0.717, 1.165) is 0 Å². The van der Waals surface area contributed by atoms with Crippen LogP contribution in [0.3, 0.4) is 0 Å². The van der Waals surface area contributed by atoms with Crippen molar-refractivity contribution in [2.24, 2.45) is 0 Å². The van der Waals surface area contributed by atoms with Gasteiger partial charge in [-0.3, -0.25) is 9.59 Å². The van der Waals surface area contributed by atoms with Crippen molar-refractivity contribution in [3.63, 3.8) is 0 Å². The number of nitrogens with zero attached hydrogens (tertiary/aromatic N) is 1. The Labute approximate surface area is 109 Å². The number of amides is 2. The first-order valence-electron chi connectivity index (χ1n) is 6.07. The summed E-state index contributed by atoms with van der Waals surface area (Å²) in [6.45, 7) is -0.128. The molecule has 7 heteroatoms. The average molecular weight is 271 g/mol. The molecule has 1 aliphatic rings. The first kappa shape index (κ1) is 13.5. The molecule has 1 unspecified atom stereocenters. The van der Waals surface area contributed by atoms with E-state index < -0.39 is 18.9 Å². The standard InChI is InChI=1S/C12H15F2N3O2/c13-10(14)7-17-5-1-2-9(17)12(19)16-8-3-4-11(18)15-6-8/h1-2,5,8,10H,3-4,6-7H2,(H,15,18)(H,16,19). The van der Waals surface area contributed by atoms with Crippen molar-refractivity contribution in [1.29, 1.82) is 0 Å². The number of rotatable bonds is 4. The van der Waals surface area contributed by atoms with Crippen LogP contribution in [0.1, 0.15) is 23.3 Å². The van der Waals surface area contributed by atoms with E-state index in [4.69, 9.17) is 0 Å². The first-order valence-corrected chi connectivity index (χ1v) is 6.07. The van der Waals surface area contributed by atoms with Crippen LogP contribution in [0.15, 0.2) is 18.3 Å². The second-order valence-corrected chi connectivity index (χ2v) is 4.45. The second kappa shape index (κ2) is 5.81. The van der Waals surface area contributed by atoms with Gasteiger partial charge in [0.2, 0.25) is 5.91 Å². The molecule has 1 aromatic heterocycles. The minimum absolute atomic E-state index is 0.0356. The predicted octanol–water partition coefficient (Wildman–Crippen LogP) is 0.762. The summed E-state index contributed by atoms with van der Waals surface area (Å²) in [5.41, 5.74) is 0.206. The van der Waals surface area contributed by atoms with Crippen molar-refractivity contribution in [1.82, 2.24) is 15.2 Å². The Morgan fingerprint density at radius 3 is 3.00 bits per heavy atom. The smallest absolute Gasteiger partial charge is 0.268 e. The largest absolute Gasteiger partial charge is 0.354 e. The molecule has 5 nitrogen and oxygen atoms in total. The molecule has 1 aromatic rings. The van der Waals surface area contributed by atoms with Crippen molar-refractivity contribution >= 4 is 11.8 Å². The first-order chi connectivity index (χ1) is 9.06. The van der Waals surface area contributed by atoms with Gasteiger partial charge < -0.3 is 15.2 Å². The Balaban J connectivity index is 1.96. The van der Waals surface area contributed by atoms with Gasteiger partial charge in [0.05, 0.1) is 6.54 Å². The van der Waals surface area contributed by atoms with Gasteiger partial charge >= 0.3 is 0 Å². The fourth-order valence-corrected chi connectivity index (χ4v) is 2.04. The van der Waals surface area contributed by atoms with Crippen LogP contribution >= 0.6 is 0 Å². The lowest BCUT2D eigenvalue weighted by Gasteiger charge is -2.23. The van der Waals surface area contributed by atoms with Crippen LogP contribution in [0.2, 0.25) is 0 Å². The van der Waals surface area contributed by atoms with Crippen molar-refractivity contribution in [3.05, 3.63) is 24.0 Å². The zero-order chi connectivity index (χ0) is 13.8. The third kappa shape index (κ3) is 3.52. The normalized spacial score (nSPS) is 19.3. The highest BCUT2D eigenvalue weighted by molar-refractivity contribution is 5.93. The fourth-order valence-electron chi connectivity index (χ4n) is 2.04. The summed E-state index contributed by atoms with van der Waals surface area (Å²) in [7, 11) is 0. The summed E-state index contributed by atoms with van der Waals surface area (Å²) >= 11 is 0. The molecule has 2 heterocycles. The number of aromatic nitrogens is 1. The number of hydrogen-bond acceptors (Lipinski definition) is 2. The van der Waals surface area contributed by atoms with Crippen LogP contribution in [0.25, 0.3) is 0 Å². The van der Waals surface area contributed by atoms with E-state index in [-0.39, 0.29) is 17.6 Å². The summed E-state index contributed by atoms with van der Waals surface area (Å²) in [5, 5.41) is 5.39. The molecule has 1 aliphatic heterocycles. The van der Waals surface area contributed by atoms with Crippen molar-refractivity contribution in [3.8, 4) is 0 Å². The fraction of sp³-hybridized carbons (Fsp3) is 0.500. The quantitative estimate of drug-likeness (QED) is 0.849. The molecule has 1 atom stereocenters. The molecule has 1 saturated heterocycles. The molecule has 19 heavy (non-hydrogen) atoms. The minimum atomic E-state index is -2.51. The third-order valence-corrected chi connectivity index (χ3v) is 3.00. The maximum Gasteiger partial charge on any atom is 0.268 e. The molecule has 0 aliphatic carbocycles. The molecule has 2 amide bonds. The van der Waals surface area contributed by atoms with Gasteiger partial charge in [-0.1, -0.05) is 0 Å². The highest BCUT2D eigenvalue weighted by Gasteiger charge is 2.21. The van der Waals surface area contributed by atoms with Gasteiger partial charge in [0.25, 0.3) is 12.3 Å². The number of halogens is 2. The second-order valence-electron chi connectivity index (χ2n) is 4.45. The third-order valence-electron chi connectivity index (χ3n) is 3.00. The summed E-state index contributed by atoms with van der Waals surface area (Å²) in [6, 6.07) is 2.90. The van der Waals surface area contributed by atoms with Gasteiger partial charge in [-0.25, -0.2) is 8.78 Å². The summed E-state index contributed by atoms with van der Waals surface area (Å²) < 4.78 is 25.9. The zero-order valence-electron chi connectivity index (χ0n) is 10.2. The molecule has 104 valence electrons. The van der Waals surface area contributed by atoms with E-state index >= 15 is 0 Å². The highest BCUT2D eigenvalue weighted by atomic mass is 19.3. The molecule has 1 fully saturated rings. The average Bonchev–Trinajstić information content (AvgIpc) is 2.79. The number of carbonyl (C=O) groups excluding carboxylic acids is 2. The lowest BCUT2D eigenvalue weighted by atomic mass is 10.1. The van der Waals surface area contributed by atoms with Gasteiger partial charge in [0.1, 0.15) is 5.69 Å². The van der Waals surface area contributed by atoms with Gasteiger partial charge in [-0.05, 0) is 18.6 Å². The zero-order valence-corrected chi connectivity index (χ0v) is 10.2. The Hall–Kier alpha value is -1.92.